The van der Waals surface area contributed by atoms with E-state index in [9.17, 15) is 14.4 Å². The van der Waals surface area contributed by atoms with Crippen molar-refractivity contribution in [1.82, 2.24) is 5.32 Å². The Bertz CT molecular complexity index is 1240. The minimum absolute atomic E-state index is 0.0146. The highest BCUT2D eigenvalue weighted by atomic mass is 16.5. The van der Waals surface area contributed by atoms with Gasteiger partial charge in [-0.05, 0) is 74.0 Å². The van der Waals surface area contributed by atoms with E-state index in [-0.39, 0.29) is 41.7 Å². The van der Waals surface area contributed by atoms with Crippen LogP contribution in [0.25, 0.3) is 0 Å². The van der Waals surface area contributed by atoms with Crippen molar-refractivity contribution in [1.29, 1.82) is 0 Å². The highest BCUT2D eigenvalue weighted by Crippen LogP contribution is 2.34. The van der Waals surface area contributed by atoms with E-state index in [1.807, 2.05) is 132 Å². The Kier molecular flexibility index (Phi) is 34.6. The van der Waals surface area contributed by atoms with E-state index in [0.29, 0.717) is 12.5 Å². The number of amides is 1. The summed E-state index contributed by atoms with van der Waals surface area (Å²) in [5.74, 6) is 0.862. The average molecular weight is 762 g/mol. The van der Waals surface area contributed by atoms with Crippen molar-refractivity contribution in [2.24, 2.45) is 17.8 Å². The SMILES string of the molecule is CC.CC.CC.CCC(C)C(=O)NCCc1ccccc1.CCC(C)C(=O)OC1CCC(c2ccccc2)CC1.CCC(C)C(=O)OCCc1ccccc1. The number of rotatable bonds is 14. The minimum atomic E-state index is -0.0894. The first kappa shape index (κ1) is 53.2. The molecule has 4 rings (SSSR count). The molecule has 1 saturated carbocycles. The lowest BCUT2D eigenvalue weighted by molar-refractivity contribution is -0.155. The second-order valence-electron chi connectivity index (χ2n) is 13.2. The Labute approximate surface area is 337 Å². The van der Waals surface area contributed by atoms with Crippen LogP contribution in [0, 0.1) is 17.8 Å². The van der Waals surface area contributed by atoms with Crippen LogP contribution in [-0.2, 0) is 36.7 Å². The van der Waals surface area contributed by atoms with Crippen molar-refractivity contribution in [2.45, 2.75) is 153 Å². The van der Waals surface area contributed by atoms with Crippen molar-refractivity contribution in [2.75, 3.05) is 13.2 Å². The van der Waals surface area contributed by atoms with E-state index in [2.05, 4.69) is 47.8 Å². The van der Waals surface area contributed by atoms with Gasteiger partial charge in [0.05, 0.1) is 18.4 Å². The van der Waals surface area contributed by atoms with Gasteiger partial charge in [-0.25, -0.2) is 0 Å². The molecule has 310 valence electrons. The van der Waals surface area contributed by atoms with Gasteiger partial charge in [-0.3, -0.25) is 14.4 Å². The lowest BCUT2D eigenvalue weighted by Crippen LogP contribution is -2.30. The van der Waals surface area contributed by atoms with E-state index in [4.69, 9.17) is 9.47 Å². The summed E-state index contributed by atoms with van der Waals surface area (Å²) >= 11 is 0. The second-order valence-corrected chi connectivity index (χ2v) is 13.2. The zero-order chi connectivity index (χ0) is 41.9. The van der Waals surface area contributed by atoms with Gasteiger partial charge in [-0.2, -0.15) is 0 Å². The first-order valence-electron chi connectivity index (χ1n) is 21.5. The van der Waals surface area contributed by atoms with Gasteiger partial charge in [-0.15, -0.1) is 0 Å². The smallest absolute Gasteiger partial charge is 0.308 e. The quantitative estimate of drug-likeness (QED) is 0.165. The summed E-state index contributed by atoms with van der Waals surface area (Å²) in [5, 5.41) is 2.94. The zero-order valence-electron chi connectivity index (χ0n) is 36.9. The Hall–Kier alpha value is -3.93. The molecule has 0 radical (unpaired) electrons. The summed E-state index contributed by atoms with van der Waals surface area (Å²) in [7, 11) is 0. The molecule has 0 aromatic heterocycles. The maximum absolute atomic E-state index is 11.8. The molecule has 0 aliphatic heterocycles. The Morgan fingerprint density at radius 2 is 1.00 bits per heavy atom. The van der Waals surface area contributed by atoms with E-state index in [0.717, 1.165) is 64.3 Å². The molecule has 55 heavy (non-hydrogen) atoms. The van der Waals surface area contributed by atoms with Crippen molar-refractivity contribution >= 4 is 17.8 Å². The number of hydrogen-bond donors (Lipinski definition) is 1. The van der Waals surface area contributed by atoms with Crippen molar-refractivity contribution < 1.29 is 23.9 Å². The van der Waals surface area contributed by atoms with Gasteiger partial charge < -0.3 is 14.8 Å². The first-order valence-corrected chi connectivity index (χ1v) is 21.5. The van der Waals surface area contributed by atoms with E-state index in [1.165, 1.54) is 16.7 Å². The molecule has 3 aromatic rings. The fraction of sp³-hybridized carbons (Fsp3) is 0.571. The van der Waals surface area contributed by atoms with Gasteiger partial charge in [0.2, 0.25) is 5.91 Å². The molecule has 1 N–H and O–H groups in total. The fourth-order valence-electron chi connectivity index (χ4n) is 5.24. The summed E-state index contributed by atoms with van der Waals surface area (Å²) in [6, 6.07) is 30.9. The number of esters is 2. The van der Waals surface area contributed by atoms with Crippen LogP contribution >= 0.6 is 0 Å². The van der Waals surface area contributed by atoms with Gasteiger partial charge >= 0.3 is 11.9 Å². The summed E-state index contributed by atoms with van der Waals surface area (Å²) in [5.41, 5.74) is 3.89. The van der Waals surface area contributed by atoms with Crippen LogP contribution in [-0.4, -0.2) is 37.1 Å². The molecule has 1 fully saturated rings. The van der Waals surface area contributed by atoms with E-state index >= 15 is 0 Å². The van der Waals surface area contributed by atoms with Crippen molar-refractivity contribution in [3.63, 3.8) is 0 Å². The van der Waals surface area contributed by atoms with Gasteiger partial charge in [0.1, 0.15) is 6.10 Å². The molecule has 6 heteroatoms. The molecular formula is C49H79NO5. The number of ether oxygens (including phenoxy) is 2. The van der Waals surface area contributed by atoms with Crippen molar-refractivity contribution in [3.8, 4) is 0 Å². The van der Waals surface area contributed by atoms with Gasteiger partial charge in [0, 0.05) is 18.9 Å². The van der Waals surface area contributed by atoms with Crippen LogP contribution in [0.4, 0.5) is 0 Å². The molecule has 0 saturated heterocycles. The normalized spacial score (nSPS) is 15.5. The van der Waals surface area contributed by atoms with Crippen molar-refractivity contribution in [3.05, 3.63) is 108 Å². The predicted octanol–water partition coefficient (Wildman–Crippen LogP) is 12.6. The molecule has 0 spiro atoms. The molecule has 3 aromatic carbocycles. The minimum Gasteiger partial charge on any atom is -0.465 e. The molecule has 1 amide bonds. The van der Waals surface area contributed by atoms with Crippen LogP contribution in [0.15, 0.2) is 91.0 Å². The van der Waals surface area contributed by atoms with Crippen LogP contribution in [0.1, 0.15) is 151 Å². The molecule has 0 heterocycles. The topological polar surface area (TPSA) is 81.7 Å². The lowest BCUT2D eigenvalue weighted by Gasteiger charge is -2.29. The molecule has 3 atom stereocenters. The fourth-order valence-corrected chi connectivity index (χ4v) is 5.24. The summed E-state index contributed by atoms with van der Waals surface area (Å²) < 4.78 is 10.7. The largest absolute Gasteiger partial charge is 0.465 e. The second kappa shape index (κ2) is 35.8. The molecule has 6 nitrogen and oxygen atoms in total. The Morgan fingerprint density at radius 3 is 1.45 bits per heavy atom. The van der Waals surface area contributed by atoms with Crippen LogP contribution in [0.3, 0.4) is 0 Å². The van der Waals surface area contributed by atoms with E-state index in [1.54, 1.807) is 0 Å². The predicted molar refractivity (Wildman–Crippen MR) is 234 cm³/mol. The van der Waals surface area contributed by atoms with E-state index < -0.39 is 0 Å². The van der Waals surface area contributed by atoms with Crippen LogP contribution in [0.5, 0.6) is 0 Å². The molecule has 0 bridgehead atoms. The van der Waals surface area contributed by atoms with Crippen LogP contribution in [0.2, 0.25) is 0 Å². The monoisotopic (exact) mass is 762 g/mol. The molecule has 3 unspecified atom stereocenters. The van der Waals surface area contributed by atoms with Crippen LogP contribution < -0.4 is 5.32 Å². The number of carbonyl (C=O) groups excluding carboxylic acids is 3. The molecule has 1 aliphatic carbocycles. The summed E-state index contributed by atoms with van der Waals surface area (Å²) in [4.78, 5) is 34.6. The third-order valence-electron chi connectivity index (χ3n) is 9.35. The maximum atomic E-state index is 11.8. The third kappa shape index (κ3) is 25.0. The highest BCUT2D eigenvalue weighted by molar-refractivity contribution is 5.78. The first-order chi connectivity index (χ1) is 26.7. The summed E-state index contributed by atoms with van der Waals surface area (Å²) in [6.45, 7) is 25.0. The highest BCUT2D eigenvalue weighted by Gasteiger charge is 2.26. The maximum Gasteiger partial charge on any atom is 0.308 e. The zero-order valence-corrected chi connectivity index (χ0v) is 36.9. The Morgan fingerprint density at radius 1 is 0.582 bits per heavy atom. The van der Waals surface area contributed by atoms with Gasteiger partial charge in [0.15, 0.2) is 0 Å². The number of carbonyl (C=O) groups is 3. The third-order valence-corrected chi connectivity index (χ3v) is 9.35. The lowest BCUT2D eigenvalue weighted by atomic mass is 9.83. The Balaban J connectivity index is 0. The summed E-state index contributed by atoms with van der Waals surface area (Å²) in [6.07, 6.45) is 8.70. The number of nitrogens with one attached hydrogen (secondary N) is 1. The molecular weight excluding hydrogens is 683 g/mol. The molecule has 1 aliphatic rings. The number of benzene rings is 3. The van der Waals surface area contributed by atoms with Gasteiger partial charge in [-0.1, -0.05) is 174 Å². The standard InChI is InChI=1S/C17H24O2.C13H19NO.C13H18O2.3C2H6/c1-3-13(2)17(18)19-16-11-9-15(10-12-16)14-7-5-4-6-8-14;1-3-11(2)13(15)14-10-9-12-7-5-4-6-8-12;1-3-11(2)13(14)15-10-9-12-7-5-4-6-8-12;3*1-2/h4-8,13,15-16H,3,9-12H2,1-2H3;4-8,11H,3,9-10H2,1-2H3,(H,14,15);4-8,11H,3,9-10H2,1-2H3;3*1-2H3. The number of hydrogen-bond acceptors (Lipinski definition) is 5. The van der Waals surface area contributed by atoms with Gasteiger partial charge in [0.25, 0.3) is 0 Å². The average Bonchev–Trinajstić information content (AvgIpc) is 3.26.